The fraction of sp³-hybridized carbons (Fsp3) is 0.333. The minimum Gasteiger partial charge on any atom is -0.456 e. The number of carbonyl (C=O) groups excluding carboxylic acids is 2. The van der Waals surface area contributed by atoms with Crippen LogP contribution in [-0.4, -0.2) is 24.2 Å². The summed E-state index contributed by atoms with van der Waals surface area (Å²) in [4.78, 5) is 24.7. The highest BCUT2D eigenvalue weighted by Gasteiger charge is 2.08. The molecule has 2 rings (SSSR count). The molecule has 1 amide bonds. The lowest BCUT2D eigenvalue weighted by atomic mass is 10.1. The molecule has 0 aliphatic carbocycles. The summed E-state index contributed by atoms with van der Waals surface area (Å²) in [6.07, 6.45) is 0.280. The molecule has 138 valence electrons. The number of aryl methyl sites for hydroxylation is 3. The molecule has 0 aromatic heterocycles. The van der Waals surface area contributed by atoms with Crippen molar-refractivity contribution in [3.05, 3.63) is 64.7 Å². The van der Waals surface area contributed by atoms with Gasteiger partial charge in [0.25, 0.3) is 5.91 Å². The second-order valence-corrected chi connectivity index (χ2v) is 7.38. The van der Waals surface area contributed by atoms with E-state index in [9.17, 15) is 9.59 Å². The summed E-state index contributed by atoms with van der Waals surface area (Å²) >= 11 is 1.61. The first-order valence-electron chi connectivity index (χ1n) is 8.62. The van der Waals surface area contributed by atoms with Gasteiger partial charge >= 0.3 is 5.97 Å². The largest absolute Gasteiger partial charge is 0.456 e. The van der Waals surface area contributed by atoms with Crippen molar-refractivity contribution >= 4 is 23.6 Å². The maximum absolute atomic E-state index is 11.8. The maximum atomic E-state index is 11.8. The second-order valence-electron chi connectivity index (χ2n) is 6.21. The number of thioether (sulfide) groups is 1. The molecule has 26 heavy (non-hydrogen) atoms. The molecule has 0 spiro atoms. The Labute approximate surface area is 159 Å². The average molecular weight is 372 g/mol. The van der Waals surface area contributed by atoms with Crippen molar-refractivity contribution in [2.45, 2.75) is 38.6 Å². The van der Waals surface area contributed by atoms with Gasteiger partial charge in [0, 0.05) is 17.2 Å². The minimum absolute atomic E-state index is 0.237. The quantitative estimate of drug-likeness (QED) is 0.564. The van der Waals surface area contributed by atoms with Crippen molar-refractivity contribution in [2.24, 2.45) is 0 Å². The van der Waals surface area contributed by atoms with Crippen molar-refractivity contribution in [1.82, 2.24) is 5.32 Å². The fourth-order valence-electron chi connectivity index (χ4n) is 2.33. The molecule has 2 aromatic rings. The highest BCUT2D eigenvalue weighted by atomic mass is 32.2. The molecule has 0 aliphatic rings. The van der Waals surface area contributed by atoms with Crippen LogP contribution in [0.1, 0.15) is 28.7 Å². The molecule has 0 radical (unpaired) electrons. The summed E-state index contributed by atoms with van der Waals surface area (Å²) in [5, 5.41) is 2.77. The molecule has 0 saturated carbocycles. The number of hydrogen-bond acceptors (Lipinski definition) is 4. The van der Waals surface area contributed by atoms with Crippen LogP contribution in [0.2, 0.25) is 0 Å². The van der Waals surface area contributed by atoms with Crippen molar-refractivity contribution in [3.8, 4) is 0 Å². The van der Waals surface area contributed by atoms with Gasteiger partial charge in [0.2, 0.25) is 0 Å². The standard InChI is InChI=1S/C21H25NO3S/c1-15-8-9-19(12-17(15)3)26-11-10-21(24)25-14-20(23)22-13-18-7-5-4-6-16(18)2/h4-9,12H,10-11,13-14H2,1-3H3,(H,22,23). The Bertz CT molecular complexity index is 774. The van der Waals surface area contributed by atoms with Gasteiger partial charge < -0.3 is 10.1 Å². The summed E-state index contributed by atoms with van der Waals surface area (Å²) in [5.74, 6) is -0.0117. The number of rotatable bonds is 8. The third-order valence-electron chi connectivity index (χ3n) is 4.15. The van der Waals surface area contributed by atoms with Crippen LogP contribution in [0.15, 0.2) is 47.4 Å². The van der Waals surface area contributed by atoms with E-state index < -0.39 is 0 Å². The van der Waals surface area contributed by atoms with Gasteiger partial charge in [-0.25, -0.2) is 0 Å². The zero-order valence-corrected chi connectivity index (χ0v) is 16.3. The molecule has 1 N–H and O–H groups in total. The van der Waals surface area contributed by atoms with Crippen LogP contribution in [0, 0.1) is 20.8 Å². The molecule has 0 atom stereocenters. The molecule has 0 saturated heterocycles. The number of nitrogens with one attached hydrogen (secondary N) is 1. The first-order valence-corrected chi connectivity index (χ1v) is 9.61. The van der Waals surface area contributed by atoms with E-state index in [4.69, 9.17) is 4.74 Å². The molecular formula is C21H25NO3S. The first-order chi connectivity index (χ1) is 12.5. The Morgan fingerprint density at radius 1 is 1.00 bits per heavy atom. The number of esters is 1. The topological polar surface area (TPSA) is 55.4 Å². The average Bonchev–Trinajstić information content (AvgIpc) is 2.62. The fourth-order valence-corrected chi connectivity index (χ4v) is 3.26. The minimum atomic E-state index is -0.354. The van der Waals surface area contributed by atoms with Crippen LogP contribution >= 0.6 is 11.8 Å². The van der Waals surface area contributed by atoms with Crippen LogP contribution in [0.4, 0.5) is 0 Å². The van der Waals surface area contributed by atoms with Gasteiger partial charge in [0.05, 0.1) is 6.42 Å². The van der Waals surface area contributed by atoms with Gasteiger partial charge in [-0.1, -0.05) is 30.3 Å². The van der Waals surface area contributed by atoms with Gasteiger partial charge in [-0.05, 0) is 55.2 Å². The highest BCUT2D eigenvalue weighted by Crippen LogP contribution is 2.21. The Kier molecular flexibility index (Phi) is 7.73. The molecule has 4 nitrogen and oxygen atoms in total. The van der Waals surface area contributed by atoms with E-state index in [1.54, 1.807) is 11.8 Å². The third-order valence-corrected chi connectivity index (χ3v) is 5.15. The number of amides is 1. The monoisotopic (exact) mass is 371 g/mol. The predicted molar refractivity (Wildman–Crippen MR) is 105 cm³/mol. The van der Waals surface area contributed by atoms with Crippen LogP contribution < -0.4 is 5.32 Å². The van der Waals surface area contributed by atoms with E-state index in [0.717, 1.165) is 16.0 Å². The first kappa shape index (κ1) is 20.0. The number of ether oxygens (including phenoxy) is 1. The van der Waals surface area contributed by atoms with Gasteiger partial charge in [0.15, 0.2) is 6.61 Å². The number of benzene rings is 2. The molecule has 5 heteroatoms. The van der Waals surface area contributed by atoms with Gasteiger partial charge in [-0.3, -0.25) is 9.59 Å². The number of hydrogen-bond donors (Lipinski definition) is 1. The van der Waals surface area contributed by atoms with Crippen molar-refractivity contribution < 1.29 is 14.3 Å². The molecular weight excluding hydrogens is 346 g/mol. The molecule has 0 unspecified atom stereocenters. The summed E-state index contributed by atoms with van der Waals surface area (Å²) in [6.45, 7) is 6.34. The van der Waals surface area contributed by atoms with Crippen LogP contribution in [0.5, 0.6) is 0 Å². The second kappa shape index (κ2) is 10.0. The normalized spacial score (nSPS) is 10.4. The van der Waals surface area contributed by atoms with E-state index in [-0.39, 0.29) is 24.9 Å². The Morgan fingerprint density at radius 2 is 1.77 bits per heavy atom. The SMILES string of the molecule is Cc1ccc(SCCC(=O)OCC(=O)NCc2ccccc2C)cc1C. The Hall–Kier alpha value is -2.27. The highest BCUT2D eigenvalue weighted by molar-refractivity contribution is 7.99. The van der Waals surface area contributed by atoms with Gasteiger partial charge in [-0.15, -0.1) is 11.8 Å². The van der Waals surface area contributed by atoms with Gasteiger partial charge in [-0.2, -0.15) is 0 Å². The lowest BCUT2D eigenvalue weighted by Crippen LogP contribution is -2.28. The summed E-state index contributed by atoms with van der Waals surface area (Å²) in [6, 6.07) is 14.1. The molecule has 0 heterocycles. The third kappa shape index (κ3) is 6.56. The molecule has 0 bridgehead atoms. The smallest absolute Gasteiger partial charge is 0.307 e. The molecule has 2 aromatic carbocycles. The van der Waals surface area contributed by atoms with Crippen LogP contribution in [0.3, 0.4) is 0 Å². The van der Waals surface area contributed by atoms with E-state index in [1.165, 1.54) is 11.1 Å². The molecule has 0 aliphatic heterocycles. The Morgan fingerprint density at radius 3 is 2.50 bits per heavy atom. The van der Waals surface area contributed by atoms with E-state index >= 15 is 0 Å². The van der Waals surface area contributed by atoms with E-state index in [2.05, 4.69) is 37.4 Å². The molecule has 0 fully saturated rings. The van der Waals surface area contributed by atoms with E-state index in [1.807, 2.05) is 31.2 Å². The van der Waals surface area contributed by atoms with Gasteiger partial charge in [0.1, 0.15) is 0 Å². The van der Waals surface area contributed by atoms with Crippen LogP contribution in [-0.2, 0) is 20.9 Å². The van der Waals surface area contributed by atoms with Crippen LogP contribution in [0.25, 0.3) is 0 Å². The van der Waals surface area contributed by atoms with Crippen molar-refractivity contribution in [3.63, 3.8) is 0 Å². The zero-order chi connectivity index (χ0) is 18.9. The maximum Gasteiger partial charge on any atom is 0.307 e. The predicted octanol–water partition coefficient (Wildman–Crippen LogP) is 3.95. The summed E-state index contributed by atoms with van der Waals surface area (Å²) in [5.41, 5.74) is 4.67. The lowest BCUT2D eigenvalue weighted by Gasteiger charge is -2.09. The number of carbonyl (C=O) groups is 2. The Balaban J connectivity index is 1.64. The summed E-state index contributed by atoms with van der Waals surface area (Å²) in [7, 11) is 0. The van der Waals surface area contributed by atoms with Crippen molar-refractivity contribution in [1.29, 1.82) is 0 Å². The van der Waals surface area contributed by atoms with E-state index in [0.29, 0.717) is 12.3 Å². The van der Waals surface area contributed by atoms with Crippen molar-refractivity contribution in [2.75, 3.05) is 12.4 Å². The zero-order valence-electron chi connectivity index (χ0n) is 15.5. The lowest BCUT2D eigenvalue weighted by molar-refractivity contribution is -0.148. The summed E-state index contributed by atoms with van der Waals surface area (Å²) < 4.78 is 5.04.